The summed E-state index contributed by atoms with van der Waals surface area (Å²) in [5.74, 6) is 6.59. The molecule has 0 saturated carbocycles. The number of nitrogens with two attached hydrogens (primary N) is 1. The normalized spacial score (nSPS) is 12.9. The van der Waals surface area contributed by atoms with Crippen molar-refractivity contribution in [2.75, 3.05) is 0 Å². The van der Waals surface area contributed by atoms with Crippen LogP contribution in [0.25, 0.3) is 0 Å². The molecular weight excluding hydrogens is 342 g/mol. The van der Waals surface area contributed by atoms with E-state index in [2.05, 4.69) is 45.3 Å². The molecule has 2 aromatic rings. The lowest BCUT2D eigenvalue weighted by Crippen LogP contribution is -2.31. The molecule has 0 saturated heterocycles. The van der Waals surface area contributed by atoms with Crippen molar-refractivity contribution >= 4 is 27.5 Å². The fourth-order valence-electron chi connectivity index (χ4n) is 2.08. The van der Waals surface area contributed by atoms with Crippen LogP contribution >= 0.6 is 27.5 Å². The highest BCUT2D eigenvalue weighted by molar-refractivity contribution is 9.10. The lowest BCUT2D eigenvalue weighted by molar-refractivity contribution is 0.468. The van der Waals surface area contributed by atoms with E-state index in [0.29, 0.717) is 11.4 Å². The van der Waals surface area contributed by atoms with Gasteiger partial charge < -0.3 is 0 Å². The fourth-order valence-corrected chi connectivity index (χ4v) is 3.04. The summed E-state index contributed by atoms with van der Waals surface area (Å²) >= 11 is 9.48. The van der Waals surface area contributed by atoms with Crippen LogP contribution in [0.2, 0.25) is 5.02 Å². The Morgan fingerprint density at radius 2 is 2.20 bits per heavy atom. The first-order valence-corrected chi connectivity index (χ1v) is 7.49. The summed E-state index contributed by atoms with van der Waals surface area (Å²) in [6.07, 6.45) is 2.22. The Morgan fingerprint density at radius 3 is 2.80 bits per heavy atom. The Balaban J connectivity index is 2.27. The lowest BCUT2D eigenvalue weighted by atomic mass is 10.0. The highest BCUT2D eigenvalue weighted by Gasteiger charge is 2.18. The second-order valence-electron chi connectivity index (χ2n) is 4.80. The van der Waals surface area contributed by atoms with Gasteiger partial charge >= 0.3 is 0 Å². The Kier molecular flexibility index (Phi) is 5.15. The molecule has 20 heavy (non-hydrogen) atoms. The van der Waals surface area contributed by atoms with Crippen molar-refractivity contribution in [2.24, 2.45) is 5.84 Å². The number of nitrogens with one attached hydrogen (secondary N) is 1. The lowest BCUT2D eigenvalue weighted by Gasteiger charge is -2.19. The zero-order valence-corrected chi connectivity index (χ0v) is 13.7. The van der Waals surface area contributed by atoms with Gasteiger partial charge in [-0.25, -0.2) is 9.67 Å². The van der Waals surface area contributed by atoms with Gasteiger partial charge in [0, 0.05) is 22.0 Å². The highest BCUT2D eigenvalue weighted by Crippen LogP contribution is 2.28. The van der Waals surface area contributed by atoms with Crippen LogP contribution in [0.4, 0.5) is 0 Å². The number of nitrogens with zero attached hydrogens (tertiary/aromatic N) is 3. The van der Waals surface area contributed by atoms with E-state index in [1.165, 1.54) is 0 Å². The van der Waals surface area contributed by atoms with Crippen LogP contribution in [-0.2, 0) is 6.42 Å². The third kappa shape index (κ3) is 3.38. The van der Waals surface area contributed by atoms with Crippen LogP contribution in [0.1, 0.15) is 37.3 Å². The maximum atomic E-state index is 5.97. The number of hydrogen-bond acceptors (Lipinski definition) is 4. The van der Waals surface area contributed by atoms with Crippen molar-refractivity contribution in [2.45, 2.75) is 32.4 Å². The molecule has 1 unspecified atom stereocenters. The molecule has 2 rings (SSSR count). The van der Waals surface area contributed by atoms with E-state index in [1.807, 2.05) is 22.9 Å². The summed E-state index contributed by atoms with van der Waals surface area (Å²) in [6.45, 7) is 4.14. The predicted octanol–water partition coefficient (Wildman–Crippen LogP) is 3.02. The first-order valence-electron chi connectivity index (χ1n) is 6.32. The molecule has 5 nitrogen and oxygen atoms in total. The van der Waals surface area contributed by atoms with Gasteiger partial charge in [0.05, 0.1) is 6.04 Å². The number of hydrogen-bond donors (Lipinski definition) is 2. The van der Waals surface area contributed by atoms with Crippen molar-refractivity contribution in [1.29, 1.82) is 0 Å². The summed E-state index contributed by atoms with van der Waals surface area (Å²) in [6, 6.07) is 5.85. The first-order chi connectivity index (χ1) is 9.52. The van der Waals surface area contributed by atoms with Gasteiger partial charge in [-0.15, -0.1) is 0 Å². The maximum Gasteiger partial charge on any atom is 0.138 e. The third-order valence-corrected chi connectivity index (χ3v) is 3.98. The van der Waals surface area contributed by atoms with E-state index in [0.717, 1.165) is 15.9 Å². The number of aromatic nitrogens is 3. The first kappa shape index (κ1) is 15.4. The number of benzene rings is 1. The Hall–Kier alpha value is -0.950. The van der Waals surface area contributed by atoms with E-state index in [1.54, 1.807) is 6.33 Å². The minimum absolute atomic E-state index is 0.0664. The molecule has 0 radical (unpaired) electrons. The molecule has 0 spiro atoms. The van der Waals surface area contributed by atoms with E-state index < -0.39 is 0 Å². The molecule has 0 aliphatic rings. The van der Waals surface area contributed by atoms with E-state index in [9.17, 15) is 0 Å². The number of halogens is 2. The molecule has 7 heteroatoms. The van der Waals surface area contributed by atoms with Gasteiger partial charge in [0.15, 0.2) is 0 Å². The summed E-state index contributed by atoms with van der Waals surface area (Å²) in [7, 11) is 0. The molecule has 108 valence electrons. The quantitative estimate of drug-likeness (QED) is 0.637. The largest absolute Gasteiger partial charge is 0.271 e. The second-order valence-corrected chi connectivity index (χ2v) is 6.09. The van der Waals surface area contributed by atoms with Gasteiger partial charge in [-0.3, -0.25) is 11.3 Å². The third-order valence-electron chi connectivity index (χ3n) is 3.06. The molecule has 0 bridgehead atoms. The molecule has 3 N–H and O–H groups in total. The molecule has 1 aromatic heterocycles. The Labute approximate surface area is 131 Å². The van der Waals surface area contributed by atoms with Crippen molar-refractivity contribution in [3.63, 3.8) is 0 Å². The van der Waals surface area contributed by atoms with Crippen molar-refractivity contribution < 1.29 is 0 Å². The van der Waals surface area contributed by atoms with Crippen molar-refractivity contribution in [1.82, 2.24) is 20.2 Å². The number of hydrazine groups is 1. The minimum atomic E-state index is -0.0664. The zero-order valence-electron chi connectivity index (χ0n) is 11.3. The van der Waals surface area contributed by atoms with Gasteiger partial charge in [0.25, 0.3) is 0 Å². The van der Waals surface area contributed by atoms with Gasteiger partial charge in [-0.2, -0.15) is 5.10 Å². The molecule has 0 aliphatic carbocycles. The Bertz CT molecular complexity index is 584. The summed E-state index contributed by atoms with van der Waals surface area (Å²) in [4.78, 5) is 4.31. The SMILES string of the molecule is CC(C)n1ncnc1CC(NN)c1ccc(Cl)cc1Br. The van der Waals surface area contributed by atoms with Gasteiger partial charge in [0.2, 0.25) is 0 Å². The number of rotatable bonds is 5. The van der Waals surface area contributed by atoms with Crippen LogP contribution < -0.4 is 11.3 Å². The zero-order chi connectivity index (χ0) is 14.7. The average Bonchev–Trinajstić information content (AvgIpc) is 2.85. The maximum absolute atomic E-state index is 5.97. The summed E-state index contributed by atoms with van der Waals surface area (Å²) in [5, 5.41) is 4.92. The van der Waals surface area contributed by atoms with Gasteiger partial charge in [-0.05, 0) is 31.5 Å². The molecular formula is C13H17BrClN5. The van der Waals surface area contributed by atoms with E-state index in [4.69, 9.17) is 17.4 Å². The van der Waals surface area contributed by atoms with Crippen LogP contribution in [-0.4, -0.2) is 14.8 Å². The highest BCUT2D eigenvalue weighted by atomic mass is 79.9. The van der Waals surface area contributed by atoms with Crippen molar-refractivity contribution in [3.8, 4) is 0 Å². The minimum Gasteiger partial charge on any atom is -0.271 e. The fraction of sp³-hybridized carbons (Fsp3) is 0.385. The molecule has 0 amide bonds. The standard InChI is InChI=1S/C13H17BrClN5/c1-8(2)20-13(17-7-18-20)6-12(19-16)10-4-3-9(15)5-11(10)14/h3-5,7-8,12,19H,6,16H2,1-2H3. The van der Waals surface area contributed by atoms with Crippen LogP contribution in [0.15, 0.2) is 29.0 Å². The van der Waals surface area contributed by atoms with Crippen molar-refractivity contribution in [3.05, 3.63) is 45.4 Å². The topological polar surface area (TPSA) is 68.8 Å². The Morgan fingerprint density at radius 1 is 1.45 bits per heavy atom. The second kappa shape index (κ2) is 6.67. The van der Waals surface area contributed by atoms with E-state index in [-0.39, 0.29) is 12.1 Å². The van der Waals surface area contributed by atoms with Crippen LogP contribution in [0.5, 0.6) is 0 Å². The average molecular weight is 359 g/mol. The molecule has 0 fully saturated rings. The van der Waals surface area contributed by atoms with Crippen LogP contribution in [0, 0.1) is 0 Å². The molecule has 0 aliphatic heterocycles. The summed E-state index contributed by atoms with van der Waals surface area (Å²) < 4.78 is 2.82. The summed E-state index contributed by atoms with van der Waals surface area (Å²) in [5.41, 5.74) is 3.87. The van der Waals surface area contributed by atoms with Crippen LogP contribution in [0.3, 0.4) is 0 Å². The van der Waals surface area contributed by atoms with E-state index >= 15 is 0 Å². The monoisotopic (exact) mass is 357 g/mol. The smallest absolute Gasteiger partial charge is 0.138 e. The molecule has 1 atom stereocenters. The van der Waals surface area contributed by atoms with Gasteiger partial charge in [0.1, 0.15) is 12.2 Å². The molecule has 1 aromatic carbocycles. The molecule has 1 heterocycles. The van der Waals surface area contributed by atoms with Gasteiger partial charge in [-0.1, -0.05) is 33.6 Å². The predicted molar refractivity (Wildman–Crippen MR) is 83.3 cm³/mol.